The van der Waals surface area contributed by atoms with Crippen LogP contribution in [0.1, 0.15) is 35.6 Å². The number of aromatic amines is 1. The molecule has 5 atom stereocenters. The molecule has 23 heavy (non-hydrogen) atoms. The first-order valence-electron chi connectivity index (χ1n) is 8.28. The van der Waals surface area contributed by atoms with E-state index in [0.717, 1.165) is 22.6 Å². The second-order valence-electron chi connectivity index (χ2n) is 6.95. The molecule has 1 aromatic carbocycles. The summed E-state index contributed by atoms with van der Waals surface area (Å²) in [6, 6.07) is 8.48. The van der Waals surface area contributed by atoms with Crippen LogP contribution in [0.15, 0.2) is 34.1 Å². The van der Waals surface area contributed by atoms with Crippen molar-refractivity contribution in [1.82, 2.24) is 4.98 Å². The first kappa shape index (κ1) is 14.2. The Hall–Kier alpha value is -1.20. The molecule has 0 unspecified atom stereocenters. The minimum Gasteiger partial charge on any atom is -0.497 e. The van der Waals surface area contributed by atoms with Crippen LogP contribution in [-0.2, 0) is 0 Å². The molecule has 2 saturated carbocycles. The Morgan fingerprint density at radius 1 is 1.17 bits per heavy atom. The molecule has 2 heterocycles. The molecule has 5 rings (SSSR count). The molecule has 3 aliphatic rings. The van der Waals surface area contributed by atoms with Crippen molar-refractivity contribution in [3.05, 3.63) is 44.4 Å². The van der Waals surface area contributed by atoms with Crippen molar-refractivity contribution in [2.24, 2.45) is 17.8 Å². The molecule has 120 valence electrons. The summed E-state index contributed by atoms with van der Waals surface area (Å²) >= 11 is 3.36. The molecule has 0 spiro atoms. The predicted octanol–water partition coefficient (Wildman–Crippen LogP) is 4.10. The average Bonchev–Trinajstić information content (AvgIpc) is 3.26. The van der Waals surface area contributed by atoms with Crippen LogP contribution in [-0.4, -0.2) is 17.3 Å². The number of methoxy groups -OCH3 is 1. The van der Waals surface area contributed by atoms with Gasteiger partial charge in [-0.05, 0) is 54.7 Å². The first-order valence-corrected chi connectivity index (χ1v) is 9.98. The molecule has 5 heteroatoms. The highest BCUT2D eigenvalue weighted by Gasteiger charge is 2.54. The standard InChI is InChI=1S/C18H19NO2S2/c1-21-12-6-4-9(5-7-12)13-14-10-2-3-11(8-10)15(14)22-17-16(13)23-18(20)19-17/h4-7,10-11,13-15H,2-3,8H2,1H3,(H,19,20)/t10-,11+,13-,14+,15+/m0/s1. The zero-order valence-corrected chi connectivity index (χ0v) is 14.6. The zero-order valence-electron chi connectivity index (χ0n) is 13.0. The van der Waals surface area contributed by atoms with Gasteiger partial charge in [0.05, 0.1) is 12.1 Å². The van der Waals surface area contributed by atoms with E-state index in [-0.39, 0.29) is 4.87 Å². The third-order valence-electron chi connectivity index (χ3n) is 5.94. The summed E-state index contributed by atoms with van der Waals surface area (Å²) in [5.41, 5.74) is 1.34. The fourth-order valence-corrected chi connectivity index (χ4v) is 7.93. The highest BCUT2D eigenvalue weighted by molar-refractivity contribution is 8.00. The van der Waals surface area contributed by atoms with E-state index in [4.69, 9.17) is 4.74 Å². The van der Waals surface area contributed by atoms with E-state index in [0.29, 0.717) is 17.1 Å². The molecule has 3 nitrogen and oxygen atoms in total. The Kier molecular flexibility index (Phi) is 3.17. The molecule has 0 amide bonds. The maximum Gasteiger partial charge on any atom is 0.305 e. The van der Waals surface area contributed by atoms with Crippen molar-refractivity contribution in [3.63, 3.8) is 0 Å². The first-order chi connectivity index (χ1) is 11.2. The summed E-state index contributed by atoms with van der Waals surface area (Å²) in [6.45, 7) is 0. The third kappa shape index (κ3) is 2.06. The lowest BCUT2D eigenvalue weighted by atomic mass is 9.75. The van der Waals surface area contributed by atoms with Gasteiger partial charge in [0.15, 0.2) is 0 Å². The van der Waals surface area contributed by atoms with Gasteiger partial charge in [-0.2, -0.15) is 0 Å². The topological polar surface area (TPSA) is 42.1 Å². The fraction of sp³-hybridized carbons (Fsp3) is 0.500. The lowest BCUT2D eigenvalue weighted by molar-refractivity contribution is 0.307. The van der Waals surface area contributed by atoms with E-state index < -0.39 is 0 Å². The third-order valence-corrected chi connectivity index (χ3v) is 8.56. The van der Waals surface area contributed by atoms with E-state index in [9.17, 15) is 4.79 Å². The minimum atomic E-state index is 0.0910. The van der Waals surface area contributed by atoms with Gasteiger partial charge in [0.2, 0.25) is 0 Å². The molecule has 2 bridgehead atoms. The van der Waals surface area contributed by atoms with Gasteiger partial charge in [-0.15, -0.1) is 11.8 Å². The molecular formula is C18H19NO2S2. The molecule has 1 aromatic heterocycles. The maximum absolute atomic E-state index is 12.0. The van der Waals surface area contributed by atoms with Crippen molar-refractivity contribution in [3.8, 4) is 5.75 Å². The van der Waals surface area contributed by atoms with E-state index >= 15 is 0 Å². The van der Waals surface area contributed by atoms with E-state index in [1.54, 1.807) is 7.11 Å². The largest absolute Gasteiger partial charge is 0.497 e. The fourth-order valence-electron chi connectivity index (χ4n) is 5.03. The van der Waals surface area contributed by atoms with Crippen LogP contribution in [0.4, 0.5) is 0 Å². The average molecular weight is 345 g/mol. The molecule has 2 aliphatic carbocycles. The Bertz CT molecular complexity index is 794. The highest BCUT2D eigenvalue weighted by atomic mass is 32.2. The van der Waals surface area contributed by atoms with Crippen molar-refractivity contribution < 1.29 is 4.74 Å². The van der Waals surface area contributed by atoms with Crippen LogP contribution >= 0.6 is 23.1 Å². The normalized spacial score (nSPS) is 34.2. The highest BCUT2D eigenvalue weighted by Crippen LogP contribution is 2.63. The summed E-state index contributed by atoms with van der Waals surface area (Å²) < 4.78 is 5.31. The SMILES string of the molecule is COc1ccc([C@@H]2c3sc(=O)[nH]c3S[C@@H]3[C@@H]4CC[C@@H](C4)[C@H]23)cc1. The quantitative estimate of drug-likeness (QED) is 0.891. The maximum atomic E-state index is 12.0. The van der Waals surface area contributed by atoms with E-state index in [2.05, 4.69) is 17.1 Å². The molecule has 1 N–H and O–H groups in total. The van der Waals surface area contributed by atoms with E-state index in [1.165, 1.54) is 41.0 Å². The summed E-state index contributed by atoms with van der Waals surface area (Å²) in [6.07, 6.45) is 4.12. The number of hydrogen-bond acceptors (Lipinski definition) is 4. The van der Waals surface area contributed by atoms with Gasteiger partial charge in [0.1, 0.15) is 5.75 Å². The van der Waals surface area contributed by atoms with Crippen LogP contribution in [0.25, 0.3) is 0 Å². The van der Waals surface area contributed by atoms with Gasteiger partial charge < -0.3 is 9.72 Å². The smallest absolute Gasteiger partial charge is 0.305 e. The summed E-state index contributed by atoms with van der Waals surface area (Å²) in [5.74, 6) is 3.63. The van der Waals surface area contributed by atoms with E-state index in [1.807, 2.05) is 23.9 Å². The number of thiazole rings is 1. The second kappa shape index (κ2) is 5.15. The van der Waals surface area contributed by atoms with Crippen molar-refractivity contribution in [2.45, 2.75) is 35.5 Å². The number of aromatic nitrogens is 1. The van der Waals surface area contributed by atoms with Gasteiger partial charge >= 0.3 is 4.87 Å². The number of benzene rings is 1. The van der Waals surface area contributed by atoms with Crippen LogP contribution in [0.5, 0.6) is 5.75 Å². The van der Waals surface area contributed by atoms with Crippen molar-refractivity contribution in [1.29, 1.82) is 0 Å². The van der Waals surface area contributed by atoms with Gasteiger partial charge in [-0.1, -0.05) is 23.5 Å². The lowest BCUT2D eigenvalue weighted by Gasteiger charge is -2.40. The second-order valence-corrected chi connectivity index (χ2v) is 9.15. The molecule has 1 aliphatic heterocycles. The monoisotopic (exact) mass is 345 g/mol. The number of rotatable bonds is 2. The van der Waals surface area contributed by atoms with Crippen LogP contribution < -0.4 is 9.61 Å². The Labute approximate surface area is 143 Å². The van der Waals surface area contributed by atoms with Gasteiger partial charge in [0.25, 0.3) is 0 Å². The number of ether oxygens (including phenoxy) is 1. The number of nitrogens with one attached hydrogen (secondary N) is 1. The lowest BCUT2D eigenvalue weighted by Crippen LogP contribution is -2.33. The Balaban J connectivity index is 1.64. The summed E-state index contributed by atoms with van der Waals surface area (Å²) in [5, 5.41) is 1.81. The molecular weight excluding hydrogens is 326 g/mol. The summed E-state index contributed by atoms with van der Waals surface area (Å²) in [4.78, 5) is 16.4. The number of fused-ring (bicyclic) bond motifs is 6. The Morgan fingerprint density at radius 3 is 2.74 bits per heavy atom. The van der Waals surface area contributed by atoms with Crippen LogP contribution in [0, 0.1) is 17.8 Å². The number of hydrogen-bond donors (Lipinski definition) is 1. The van der Waals surface area contributed by atoms with Gasteiger partial charge in [-0.3, -0.25) is 4.79 Å². The van der Waals surface area contributed by atoms with Crippen LogP contribution in [0.2, 0.25) is 0 Å². The van der Waals surface area contributed by atoms with Gasteiger partial charge in [-0.25, -0.2) is 0 Å². The predicted molar refractivity (Wildman–Crippen MR) is 93.7 cm³/mol. The number of H-pyrrole nitrogens is 1. The number of thioether (sulfide) groups is 1. The van der Waals surface area contributed by atoms with Crippen molar-refractivity contribution in [2.75, 3.05) is 7.11 Å². The minimum absolute atomic E-state index is 0.0910. The molecule has 2 aromatic rings. The van der Waals surface area contributed by atoms with Crippen LogP contribution in [0.3, 0.4) is 0 Å². The zero-order chi connectivity index (χ0) is 15.6. The molecule has 0 radical (unpaired) electrons. The Morgan fingerprint density at radius 2 is 1.96 bits per heavy atom. The summed E-state index contributed by atoms with van der Waals surface area (Å²) in [7, 11) is 1.70. The molecule has 2 fully saturated rings. The van der Waals surface area contributed by atoms with Crippen molar-refractivity contribution >= 4 is 23.1 Å². The molecule has 0 saturated heterocycles. The van der Waals surface area contributed by atoms with Gasteiger partial charge in [0, 0.05) is 16.0 Å².